The van der Waals surface area contributed by atoms with Crippen LogP contribution in [-0.2, 0) is 18.4 Å². The van der Waals surface area contributed by atoms with Crippen molar-refractivity contribution >= 4 is 5.91 Å². The molecule has 5 nitrogen and oxygen atoms in total. The molecule has 0 saturated heterocycles. The minimum absolute atomic E-state index is 0.0719. The van der Waals surface area contributed by atoms with Gasteiger partial charge in [0.25, 0.3) is 0 Å². The number of aryl methyl sites for hydroxylation is 1. The van der Waals surface area contributed by atoms with E-state index in [1.54, 1.807) is 19.0 Å². The van der Waals surface area contributed by atoms with Crippen molar-refractivity contribution in [1.29, 1.82) is 0 Å². The van der Waals surface area contributed by atoms with Crippen molar-refractivity contribution in [2.24, 2.45) is 7.05 Å². The van der Waals surface area contributed by atoms with Crippen LogP contribution in [0, 0.1) is 13.8 Å². The lowest BCUT2D eigenvalue weighted by Gasteiger charge is -2.10. The van der Waals surface area contributed by atoms with E-state index in [0.717, 1.165) is 17.2 Å². The summed E-state index contributed by atoms with van der Waals surface area (Å²) in [5.74, 6) is 1.03. The quantitative estimate of drug-likeness (QED) is 0.795. The molecule has 0 aliphatic rings. The first-order valence-electron chi connectivity index (χ1n) is 5.33. The number of carbonyl (C=O) groups excluding carboxylic acids is 1. The second kappa shape index (κ2) is 5.12. The van der Waals surface area contributed by atoms with Crippen LogP contribution in [0.2, 0.25) is 0 Å². The van der Waals surface area contributed by atoms with Crippen LogP contribution >= 0.6 is 0 Å². The minimum Gasteiger partial charge on any atom is -0.348 e. The zero-order chi connectivity index (χ0) is 12.3. The molecule has 0 bridgehead atoms. The average Bonchev–Trinajstić information content (AvgIpc) is 2.46. The summed E-state index contributed by atoms with van der Waals surface area (Å²) in [7, 11) is 5.48. The summed E-state index contributed by atoms with van der Waals surface area (Å²) in [6, 6.07) is 0. The van der Waals surface area contributed by atoms with Gasteiger partial charge in [0.1, 0.15) is 5.82 Å². The van der Waals surface area contributed by atoms with Gasteiger partial charge in [0.2, 0.25) is 5.91 Å². The Labute approximate surface area is 96.5 Å². The van der Waals surface area contributed by atoms with Gasteiger partial charge in [-0.15, -0.1) is 0 Å². The Morgan fingerprint density at radius 3 is 2.50 bits per heavy atom. The molecule has 0 spiro atoms. The number of rotatable bonds is 4. The van der Waals surface area contributed by atoms with Gasteiger partial charge in [-0.25, -0.2) is 4.98 Å². The number of amides is 1. The maximum atomic E-state index is 11.3. The zero-order valence-electron chi connectivity index (χ0n) is 10.7. The van der Waals surface area contributed by atoms with Gasteiger partial charge in [-0.3, -0.25) is 4.79 Å². The Balaban J connectivity index is 2.49. The van der Waals surface area contributed by atoms with E-state index in [4.69, 9.17) is 0 Å². The maximum Gasteiger partial charge on any atom is 0.236 e. The van der Waals surface area contributed by atoms with E-state index < -0.39 is 0 Å². The van der Waals surface area contributed by atoms with Gasteiger partial charge in [-0.1, -0.05) is 0 Å². The van der Waals surface area contributed by atoms with Crippen molar-refractivity contribution in [3.8, 4) is 0 Å². The summed E-state index contributed by atoms with van der Waals surface area (Å²) >= 11 is 0. The van der Waals surface area contributed by atoms with Crippen LogP contribution in [0.1, 0.15) is 17.2 Å². The van der Waals surface area contributed by atoms with Crippen LogP contribution in [0.3, 0.4) is 0 Å². The van der Waals surface area contributed by atoms with Crippen molar-refractivity contribution in [1.82, 2.24) is 19.8 Å². The molecular weight excluding hydrogens is 204 g/mol. The Kier molecular flexibility index (Phi) is 4.06. The lowest BCUT2D eigenvalue weighted by molar-refractivity contribution is -0.127. The fourth-order valence-corrected chi connectivity index (χ4v) is 1.38. The highest BCUT2D eigenvalue weighted by atomic mass is 16.2. The summed E-state index contributed by atoms with van der Waals surface area (Å²) in [6.07, 6.45) is 0. The third-order valence-corrected chi connectivity index (χ3v) is 2.77. The van der Waals surface area contributed by atoms with Crippen LogP contribution in [0.4, 0.5) is 0 Å². The Hall–Kier alpha value is -1.36. The van der Waals surface area contributed by atoms with Crippen molar-refractivity contribution in [3.05, 3.63) is 17.2 Å². The first-order valence-corrected chi connectivity index (χ1v) is 5.33. The van der Waals surface area contributed by atoms with Gasteiger partial charge in [-0.2, -0.15) is 0 Å². The van der Waals surface area contributed by atoms with Crippen molar-refractivity contribution in [2.45, 2.75) is 20.4 Å². The molecule has 1 amide bonds. The monoisotopic (exact) mass is 224 g/mol. The van der Waals surface area contributed by atoms with E-state index in [1.807, 2.05) is 25.5 Å². The third kappa shape index (κ3) is 2.82. The van der Waals surface area contributed by atoms with E-state index in [-0.39, 0.29) is 5.91 Å². The van der Waals surface area contributed by atoms with E-state index in [2.05, 4.69) is 10.3 Å². The minimum atomic E-state index is 0.0719. The van der Waals surface area contributed by atoms with Crippen molar-refractivity contribution in [2.75, 3.05) is 20.6 Å². The normalized spacial score (nSPS) is 10.6. The molecule has 1 N–H and O–H groups in total. The molecule has 0 unspecified atom stereocenters. The molecule has 1 heterocycles. The van der Waals surface area contributed by atoms with Gasteiger partial charge in [-0.05, 0) is 13.8 Å². The van der Waals surface area contributed by atoms with Crippen LogP contribution < -0.4 is 5.32 Å². The Morgan fingerprint density at radius 2 is 2.06 bits per heavy atom. The van der Waals surface area contributed by atoms with Gasteiger partial charge in [0, 0.05) is 26.8 Å². The molecule has 16 heavy (non-hydrogen) atoms. The maximum absolute atomic E-state index is 11.3. The summed E-state index contributed by atoms with van der Waals surface area (Å²) in [5.41, 5.74) is 2.20. The smallest absolute Gasteiger partial charge is 0.236 e. The number of likely N-dealkylation sites (N-methyl/N-ethyl adjacent to an activating group) is 1. The lowest BCUT2D eigenvalue weighted by atomic mass is 10.4. The molecule has 0 aliphatic carbocycles. The van der Waals surface area contributed by atoms with Crippen LogP contribution in [-0.4, -0.2) is 41.0 Å². The predicted molar refractivity (Wildman–Crippen MR) is 63.1 cm³/mol. The summed E-state index contributed by atoms with van der Waals surface area (Å²) < 4.78 is 2.04. The van der Waals surface area contributed by atoms with E-state index >= 15 is 0 Å². The number of imidazole rings is 1. The lowest BCUT2D eigenvalue weighted by Crippen LogP contribution is -2.33. The first-order chi connectivity index (χ1) is 7.43. The molecule has 90 valence electrons. The first kappa shape index (κ1) is 12.7. The summed E-state index contributed by atoms with van der Waals surface area (Å²) in [6.45, 7) is 4.99. The van der Waals surface area contributed by atoms with E-state index in [0.29, 0.717) is 13.1 Å². The zero-order valence-corrected chi connectivity index (χ0v) is 10.7. The van der Waals surface area contributed by atoms with Crippen LogP contribution in [0.15, 0.2) is 0 Å². The number of nitrogens with one attached hydrogen (secondary N) is 1. The van der Waals surface area contributed by atoms with Gasteiger partial charge in [0.15, 0.2) is 0 Å². The molecule has 1 aromatic heterocycles. The second-order valence-corrected chi connectivity index (χ2v) is 4.15. The number of aromatic nitrogens is 2. The highest BCUT2D eigenvalue weighted by Gasteiger charge is 2.08. The molecule has 0 aliphatic heterocycles. The number of hydrogen-bond acceptors (Lipinski definition) is 3. The predicted octanol–water partition coefficient (Wildman–Crippen LogP) is 0.215. The molecule has 1 rings (SSSR count). The molecular formula is C11H20N4O. The molecule has 0 radical (unpaired) electrons. The summed E-state index contributed by atoms with van der Waals surface area (Å²) in [4.78, 5) is 17.3. The molecule has 0 saturated carbocycles. The highest BCUT2D eigenvalue weighted by molar-refractivity contribution is 5.77. The fraction of sp³-hybridized carbons (Fsp3) is 0.636. The molecule has 0 fully saturated rings. The van der Waals surface area contributed by atoms with Gasteiger partial charge >= 0.3 is 0 Å². The highest BCUT2D eigenvalue weighted by Crippen LogP contribution is 2.07. The second-order valence-electron chi connectivity index (χ2n) is 4.15. The largest absolute Gasteiger partial charge is 0.348 e. The van der Waals surface area contributed by atoms with E-state index in [9.17, 15) is 4.79 Å². The molecule has 0 atom stereocenters. The van der Waals surface area contributed by atoms with Crippen LogP contribution in [0.5, 0.6) is 0 Å². The molecule has 5 heteroatoms. The van der Waals surface area contributed by atoms with Crippen molar-refractivity contribution in [3.63, 3.8) is 0 Å². The Morgan fingerprint density at radius 1 is 1.44 bits per heavy atom. The van der Waals surface area contributed by atoms with E-state index in [1.165, 1.54) is 0 Å². The number of nitrogens with zero attached hydrogens (tertiary/aromatic N) is 3. The fourth-order valence-electron chi connectivity index (χ4n) is 1.38. The van der Waals surface area contributed by atoms with Crippen molar-refractivity contribution < 1.29 is 4.79 Å². The standard InChI is InChI=1S/C11H20N4O/c1-8-9(2)15(5)10(13-8)6-12-7-11(16)14(3)4/h12H,6-7H2,1-5H3. The SMILES string of the molecule is Cc1nc(CNCC(=O)N(C)C)n(C)c1C. The van der Waals surface area contributed by atoms with Gasteiger partial charge in [0.05, 0.1) is 18.8 Å². The number of hydrogen-bond donors (Lipinski definition) is 1. The molecule has 0 aromatic carbocycles. The molecule has 1 aromatic rings. The Bertz CT molecular complexity index is 382. The summed E-state index contributed by atoms with van der Waals surface area (Å²) in [5, 5.41) is 3.09. The van der Waals surface area contributed by atoms with Crippen LogP contribution in [0.25, 0.3) is 0 Å². The average molecular weight is 224 g/mol. The number of carbonyl (C=O) groups is 1. The van der Waals surface area contributed by atoms with Gasteiger partial charge < -0.3 is 14.8 Å². The third-order valence-electron chi connectivity index (χ3n) is 2.77. The topological polar surface area (TPSA) is 50.2 Å².